The van der Waals surface area contributed by atoms with Gasteiger partial charge in [-0.25, -0.2) is 8.42 Å². The zero-order valence-corrected chi connectivity index (χ0v) is 18.0. The van der Waals surface area contributed by atoms with Gasteiger partial charge in [0.05, 0.1) is 23.5 Å². The molecular formula is C20H21ClN4O4S. The van der Waals surface area contributed by atoms with Crippen LogP contribution in [0.25, 0.3) is 11.4 Å². The summed E-state index contributed by atoms with van der Waals surface area (Å²) in [6.07, 6.45) is 1.35. The lowest BCUT2D eigenvalue weighted by Crippen LogP contribution is -2.49. The van der Waals surface area contributed by atoms with Gasteiger partial charge in [0, 0.05) is 5.56 Å². The Bertz CT molecular complexity index is 1120. The number of nitrogens with zero attached hydrogens (tertiary/aromatic N) is 3. The Morgan fingerprint density at radius 3 is 2.47 bits per heavy atom. The van der Waals surface area contributed by atoms with Crippen LogP contribution in [0.15, 0.2) is 59.1 Å². The molecule has 0 spiro atoms. The number of halogens is 1. The van der Waals surface area contributed by atoms with Gasteiger partial charge in [-0.05, 0) is 30.7 Å². The summed E-state index contributed by atoms with van der Waals surface area (Å²) < 4.78 is 31.1. The van der Waals surface area contributed by atoms with Crippen LogP contribution in [0.4, 0.5) is 5.69 Å². The molecule has 0 saturated heterocycles. The number of sulfonamides is 1. The van der Waals surface area contributed by atoms with Gasteiger partial charge >= 0.3 is 0 Å². The van der Waals surface area contributed by atoms with Gasteiger partial charge in [-0.3, -0.25) is 9.10 Å². The normalized spacial score (nSPS) is 12.4. The maximum Gasteiger partial charge on any atom is 0.246 e. The van der Waals surface area contributed by atoms with E-state index < -0.39 is 22.0 Å². The first-order valence-corrected chi connectivity index (χ1v) is 11.4. The van der Waals surface area contributed by atoms with E-state index in [-0.39, 0.29) is 18.9 Å². The molecule has 158 valence electrons. The number of hydrogen-bond donors (Lipinski definition) is 1. The predicted octanol–water partition coefficient (Wildman–Crippen LogP) is 3.25. The molecule has 0 aliphatic heterocycles. The van der Waals surface area contributed by atoms with Crippen molar-refractivity contribution in [3.05, 3.63) is 65.5 Å². The Balaban J connectivity index is 1.75. The average Bonchev–Trinajstić information content (AvgIpc) is 3.19. The van der Waals surface area contributed by atoms with E-state index >= 15 is 0 Å². The highest BCUT2D eigenvalue weighted by molar-refractivity contribution is 7.92. The lowest BCUT2D eigenvalue weighted by atomic mass is 10.2. The number of rotatable bonds is 8. The molecule has 0 radical (unpaired) electrons. The van der Waals surface area contributed by atoms with E-state index in [4.69, 9.17) is 16.1 Å². The smallest absolute Gasteiger partial charge is 0.246 e. The molecular weight excluding hydrogens is 428 g/mol. The molecule has 1 aromatic heterocycles. The molecule has 1 atom stereocenters. The number of para-hydroxylation sites is 1. The van der Waals surface area contributed by atoms with Gasteiger partial charge < -0.3 is 9.84 Å². The fourth-order valence-corrected chi connectivity index (χ4v) is 4.43. The van der Waals surface area contributed by atoms with Crippen molar-refractivity contribution in [3.8, 4) is 11.4 Å². The zero-order valence-electron chi connectivity index (χ0n) is 16.4. The van der Waals surface area contributed by atoms with Gasteiger partial charge in [-0.2, -0.15) is 4.98 Å². The van der Waals surface area contributed by atoms with E-state index in [9.17, 15) is 13.2 Å². The standard InChI is InChI=1S/C20H21ClN4O4S/c1-3-17(25(30(2,27)28)14-9-5-4-6-10-14)20(26)22-13-18-23-19(24-29-18)15-11-7-8-12-16(15)21/h4-12,17H,3,13H2,1-2H3,(H,22,26)/t17-/m1/s1. The van der Waals surface area contributed by atoms with E-state index in [1.165, 1.54) is 0 Å². The molecule has 0 fully saturated rings. The van der Waals surface area contributed by atoms with Crippen LogP contribution in [-0.4, -0.2) is 36.8 Å². The SMILES string of the molecule is CC[C@H](C(=O)NCc1nc(-c2ccccc2Cl)no1)N(c1ccccc1)S(C)(=O)=O. The van der Waals surface area contributed by atoms with Crippen LogP contribution in [0.1, 0.15) is 19.2 Å². The molecule has 0 saturated carbocycles. The first kappa shape index (κ1) is 21.8. The molecule has 1 heterocycles. The maximum absolute atomic E-state index is 12.8. The first-order valence-electron chi connectivity index (χ1n) is 9.21. The number of anilines is 1. The maximum atomic E-state index is 12.8. The van der Waals surface area contributed by atoms with Gasteiger partial charge in [0.2, 0.25) is 27.6 Å². The fourth-order valence-electron chi connectivity index (χ4n) is 2.99. The number of carbonyl (C=O) groups is 1. The quantitative estimate of drug-likeness (QED) is 0.567. The number of carbonyl (C=O) groups excluding carboxylic acids is 1. The summed E-state index contributed by atoms with van der Waals surface area (Å²) in [6, 6.07) is 14.6. The number of benzene rings is 2. The Hall–Kier alpha value is -2.91. The van der Waals surface area contributed by atoms with Crippen molar-refractivity contribution >= 4 is 33.2 Å². The lowest BCUT2D eigenvalue weighted by Gasteiger charge is -2.29. The van der Waals surface area contributed by atoms with Crippen molar-refractivity contribution in [2.24, 2.45) is 0 Å². The van der Waals surface area contributed by atoms with Crippen LogP contribution < -0.4 is 9.62 Å². The Morgan fingerprint density at radius 2 is 1.83 bits per heavy atom. The molecule has 0 aliphatic rings. The number of aromatic nitrogens is 2. The molecule has 3 aromatic rings. The van der Waals surface area contributed by atoms with Gasteiger partial charge in [0.1, 0.15) is 6.04 Å². The first-order chi connectivity index (χ1) is 14.3. The van der Waals surface area contributed by atoms with Crippen LogP contribution in [0.3, 0.4) is 0 Å². The van der Waals surface area contributed by atoms with Crippen molar-refractivity contribution in [2.45, 2.75) is 25.9 Å². The van der Waals surface area contributed by atoms with Crippen LogP contribution >= 0.6 is 11.6 Å². The van der Waals surface area contributed by atoms with Gasteiger partial charge in [0.15, 0.2) is 0 Å². The minimum absolute atomic E-state index is 0.0425. The molecule has 2 aromatic carbocycles. The molecule has 1 N–H and O–H groups in total. The molecule has 30 heavy (non-hydrogen) atoms. The van der Waals surface area contributed by atoms with Crippen LogP contribution in [-0.2, 0) is 21.4 Å². The summed E-state index contributed by atoms with van der Waals surface area (Å²) in [6.45, 7) is 1.70. The zero-order chi connectivity index (χ0) is 21.7. The monoisotopic (exact) mass is 448 g/mol. The summed E-state index contributed by atoms with van der Waals surface area (Å²) >= 11 is 6.14. The predicted molar refractivity (Wildman–Crippen MR) is 114 cm³/mol. The van der Waals surface area contributed by atoms with Gasteiger partial charge in [-0.15, -0.1) is 0 Å². The molecule has 0 bridgehead atoms. The van der Waals surface area contributed by atoms with E-state index in [0.717, 1.165) is 10.6 Å². The van der Waals surface area contributed by atoms with Gasteiger partial charge in [0.25, 0.3) is 0 Å². The van der Waals surface area contributed by atoms with Gasteiger partial charge in [-0.1, -0.05) is 54.0 Å². The summed E-state index contributed by atoms with van der Waals surface area (Å²) in [7, 11) is -3.69. The summed E-state index contributed by atoms with van der Waals surface area (Å²) in [4.78, 5) is 17.1. The average molecular weight is 449 g/mol. The summed E-state index contributed by atoms with van der Waals surface area (Å²) in [5, 5.41) is 7.04. The van der Waals surface area contributed by atoms with Crippen molar-refractivity contribution < 1.29 is 17.7 Å². The van der Waals surface area contributed by atoms with Crippen molar-refractivity contribution in [1.29, 1.82) is 0 Å². The lowest BCUT2D eigenvalue weighted by molar-refractivity contribution is -0.122. The van der Waals surface area contributed by atoms with Crippen LogP contribution in [0.5, 0.6) is 0 Å². The molecule has 0 unspecified atom stereocenters. The highest BCUT2D eigenvalue weighted by atomic mass is 35.5. The van der Waals surface area contributed by atoms with E-state index in [2.05, 4.69) is 15.5 Å². The Kier molecular flexibility index (Phi) is 6.73. The minimum Gasteiger partial charge on any atom is -0.345 e. The summed E-state index contributed by atoms with van der Waals surface area (Å²) in [5.74, 6) is 0.0157. The molecule has 8 nitrogen and oxygen atoms in total. The van der Waals surface area contributed by atoms with E-state index in [0.29, 0.717) is 22.1 Å². The minimum atomic E-state index is -3.69. The number of amides is 1. The Morgan fingerprint density at radius 1 is 1.17 bits per heavy atom. The van der Waals surface area contributed by atoms with Crippen molar-refractivity contribution in [1.82, 2.24) is 15.5 Å². The number of nitrogens with one attached hydrogen (secondary N) is 1. The van der Waals surface area contributed by atoms with Crippen molar-refractivity contribution in [3.63, 3.8) is 0 Å². The second kappa shape index (κ2) is 9.27. The third-order valence-corrected chi connectivity index (χ3v) is 5.85. The highest BCUT2D eigenvalue weighted by Gasteiger charge is 2.31. The number of hydrogen-bond acceptors (Lipinski definition) is 6. The highest BCUT2D eigenvalue weighted by Crippen LogP contribution is 2.25. The topological polar surface area (TPSA) is 105 Å². The van der Waals surface area contributed by atoms with Crippen LogP contribution in [0.2, 0.25) is 5.02 Å². The Labute approximate surface area is 179 Å². The molecule has 10 heteroatoms. The third kappa shape index (κ3) is 4.98. The second-order valence-corrected chi connectivity index (χ2v) is 8.79. The molecule has 3 rings (SSSR count). The fraction of sp³-hybridized carbons (Fsp3) is 0.250. The second-order valence-electron chi connectivity index (χ2n) is 6.53. The molecule has 0 aliphatic carbocycles. The third-order valence-electron chi connectivity index (χ3n) is 4.34. The van der Waals surface area contributed by atoms with Crippen LogP contribution in [0, 0.1) is 0 Å². The van der Waals surface area contributed by atoms with E-state index in [1.807, 2.05) is 0 Å². The van der Waals surface area contributed by atoms with E-state index in [1.54, 1.807) is 61.5 Å². The van der Waals surface area contributed by atoms with Crippen molar-refractivity contribution in [2.75, 3.05) is 10.6 Å². The largest absolute Gasteiger partial charge is 0.345 e. The summed E-state index contributed by atoms with van der Waals surface area (Å²) in [5.41, 5.74) is 1.03. The molecule has 1 amide bonds.